The third-order valence-electron chi connectivity index (χ3n) is 8.04. The normalized spacial score (nSPS) is 13.0. The van der Waals surface area contributed by atoms with Crippen LogP contribution in [0.1, 0.15) is 70.2 Å². The molecule has 0 amide bonds. The Morgan fingerprint density at radius 2 is 1.29 bits per heavy atom. The minimum atomic E-state index is -1.30. The van der Waals surface area contributed by atoms with Gasteiger partial charge in [-0.05, 0) is 27.6 Å². The van der Waals surface area contributed by atoms with Crippen molar-refractivity contribution in [3.63, 3.8) is 0 Å². The number of hydrogen-bond donors (Lipinski definition) is 0. The molecule has 0 spiro atoms. The van der Waals surface area contributed by atoms with E-state index in [4.69, 9.17) is 0 Å². The van der Waals surface area contributed by atoms with E-state index in [-0.39, 0.29) is 61.5 Å². The van der Waals surface area contributed by atoms with Gasteiger partial charge < -0.3 is 24.8 Å². The minimum absolute atomic E-state index is 0. The second-order valence-corrected chi connectivity index (χ2v) is 15.3. The molecule has 0 aliphatic heterocycles. The molecule has 4 aromatic carbocycles. The molecule has 6 rings (SSSR count). The summed E-state index contributed by atoms with van der Waals surface area (Å²) in [6.45, 7) is 14.1. The summed E-state index contributed by atoms with van der Waals surface area (Å²) in [6.07, 6.45) is 11.8. The van der Waals surface area contributed by atoms with E-state index < -0.39 is 8.41 Å². The fourth-order valence-electron chi connectivity index (χ4n) is 5.97. The third-order valence-corrected chi connectivity index (χ3v) is 10.9. The maximum atomic E-state index is 3.93. The second-order valence-electron chi connectivity index (χ2n) is 12.9. The van der Waals surface area contributed by atoms with Gasteiger partial charge in [-0.15, -0.1) is 33.4 Å². The van der Waals surface area contributed by atoms with Gasteiger partial charge in [-0.1, -0.05) is 166 Å². The third kappa shape index (κ3) is 6.38. The smallest absolute Gasteiger partial charge is 0.0807 e. The molecule has 42 heavy (non-hydrogen) atoms. The predicted molar refractivity (Wildman–Crippen MR) is 169 cm³/mol. The van der Waals surface area contributed by atoms with E-state index in [2.05, 4.69) is 151 Å². The van der Waals surface area contributed by atoms with Crippen LogP contribution in [0.4, 0.5) is 0 Å². The van der Waals surface area contributed by atoms with Crippen LogP contribution in [0.5, 0.6) is 0 Å². The molecule has 4 aromatic rings. The molecule has 0 atom stereocenters. The Bertz CT molecular complexity index is 1830. The summed E-state index contributed by atoms with van der Waals surface area (Å²) in [5.41, 5.74) is 7.02. The monoisotopic (exact) mass is 771 g/mol. The van der Waals surface area contributed by atoms with Gasteiger partial charge in [0.25, 0.3) is 0 Å². The molecular formula is C38H37Cl2HfSi-3. The van der Waals surface area contributed by atoms with Gasteiger partial charge >= 0.3 is 0 Å². The predicted octanol–water partition coefficient (Wildman–Crippen LogP) is 1.08. The van der Waals surface area contributed by atoms with Crippen LogP contribution < -0.4 is 40.4 Å². The SMILES string of the molecule is CC(C)(C)c1ccc2c(c1)=c1cc(C(C)(C)C)c(=[Si](c3ccccc3)c3ccccc3)c(C3=CC=CC3)c1[C-]=2.[Cl-].[Cl-].[Hf]. The first-order valence-corrected chi connectivity index (χ1v) is 15.6. The van der Waals surface area contributed by atoms with Gasteiger partial charge in [0.2, 0.25) is 0 Å². The Morgan fingerprint density at radius 3 is 1.79 bits per heavy atom. The van der Waals surface area contributed by atoms with Crippen LogP contribution >= 0.6 is 0 Å². The van der Waals surface area contributed by atoms with E-state index in [9.17, 15) is 0 Å². The van der Waals surface area contributed by atoms with Crippen LogP contribution in [0.3, 0.4) is 0 Å². The molecule has 0 N–H and O–H groups in total. The summed E-state index contributed by atoms with van der Waals surface area (Å²) in [5.74, 6) is 0. The van der Waals surface area contributed by atoms with Crippen LogP contribution in [0.15, 0.2) is 103 Å². The van der Waals surface area contributed by atoms with Crippen molar-refractivity contribution in [1.82, 2.24) is 0 Å². The van der Waals surface area contributed by atoms with Crippen LogP contribution in [-0.4, -0.2) is 8.41 Å². The topological polar surface area (TPSA) is 0 Å². The largest absolute Gasteiger partial charge is 1.00 e. The fraction of sp³-hybridized carbons (Fsp3) is 0.237. The van der Waals surface area contributed by atoms with Gasteiger partial charge in [-0.25, -0.2) is 0 Å². The van der Waals surface area contributed by atoms with Crippen LogP contribution in [0.25, 0.3) is 11.6 Å². The fourth-order valence-corrected chi connectivity index (χ4v) is 9.19. The zero-order chi connectivity index (χ0) is 27.4. The van der Waals surface area contributed by atoms with E-state index in [0.717, 1.165) is 6.42 Å². The molecule has 2 aliphatic carbocycles. The van der Waals surface area contributed by atoms with Crippen LogP contribution in [0, 0.1) is 15.3 Å². The number of rotatable bonds is 3. The summed E-state index contributed by atoms with van der Waals surface area (Å²) >= 11 is 0. The average molecular weight is 771 g/mol. The number of allylic oxidation sites excluding steroid dienone is 4. The molecule has 0 unspecified atom stereocenters. The first kappa shape index (κ1) is 34.4. The van der Waals surface area contributed by atoms with Gasteiger partial charge in [-0.2, -0.15) is 0 Å². The van der Waals surface area contributed by atoms with Gasteiger partial charge in [0.1, 0.15) is 0 Å². The number of halogens is 2. The molecule has 0 heterocycles. The Hall–Kier alpha value is -2.10. The van der Waals surface area contributed by atoms with Crippen molar-refractivity contribution in [3.05, 3.63) is 146 Å². The summed E-state index contributed by atoms with van der Waals surface area (Å²) in [5, 5.41) is 6.75. The van der Waals surface area contributed by atoms with E-state index in [1.165, 1.54) is 58.7 Å². The molecule has 0 bridgehead atoms. The van der Waals surface area contributed by atoms with E-state index in [1.807, 2.05) is 0 Å². The first-order valence-electron chi connectivity index (χ1n) is 14.1. The molecule has 0 aromatic heterocycles. The second kappa shape index (κ2) is 13.3. The quantitative estimate of drug-likeness (QED) is 0.191. The van der Waals surface area contributed by atoms with Gasteiger partial charge in [0.15, 0.2) is 0 Å². The van der Waals surface area contributed by atoms with Crippen molar-refractivity contribution in [2.45, 2.75) is 58.8 Å². The average Bonchev–Trinajstić information content (AvgIpc) is 3.56. The molecule has 2 aliphatic rings. The number of fused-ring (bicyclic) bond motifs is 2. The minimum Gasteiger partial charge on any atom is -1.00 e. The standard InChI is InChI=1S/C38H37Si.2ClH.Hf/c1-37(2,3)28-22-21-27-23-33-32(31(27)24-28)25-34(38(4,5)6)36(35(33)26-15-13-14-16-26)39(29-17-9-7-10-18-29)30-19-11-8-12-20-30;;;/h7-15,17-22,24-25H,16H2,1-6H3;2*1H;/q-1;;;/p-2. The Labute approximate surface area is 283 Å². The van der Waals surface area contributed by atoms with E-state index in [0.29, 0.717) is 0 Å². The Kier molecular flexibility index (Phi) is 10.9. The van der Waals surface area contributed by atoms with Crippen LogP contribution in [-0.2, 0) is 36.7 Å². The summed E-state index contributed by atoms with van der Waals surface area (Å²) < 4.78 is 0. The van der Waals surface area contributed by atoms with E-state index >= 15 is 0 Å². The Balaban J connectivity index is 0.00000161. The molecule has 214 valence electrons. The maximum absolute atomic E-state index is 3.93. The zero-order valence-corrected chi connectivity index (χ0v) is 31.4. The summed E-state index contributed by atoms with van der Waals surface area (Å²) in [6, 6.07) is 32.0. The van der Waals surface area contributed by atoms with Crippen molar-refractivity contribution in [1.29, 1.82) is 0 Å². The van der Waals surface area contributed by atoms with Crippen molar-refractivity contribution >= 4 is 30.4 Å². The number of benzene rings is 4. The van der Waals surface area contributed by atoms with Gasteiger partial charge in [0, 0.05) is 25.8 Å². The molecule has 4 heteroatoms. The maximum Gasteiger partial charge on any atom is 0.0807 e. The first-order chi connectivity index (χ1) is 18.6. The van der Waals surface area contributed by atoms with Crippen molar-refractivity contribution in [3.8, 4) is 0 Å². The zero-order valence-electron chi connectivity index (χ0n) is 25.3. The summed E-state index contributed by atoms with van der Waals surface area (Å²) in [4.78, 5) is 1.52. The molecule has 0 fully saturated rings. The Morgan fingerprint density at radius 1 is 0.690 bits per heavy atom. The molecular weight excluding hydrogens is 734 g/mol. The number of hydrogen-bond acceptors (Lipinski definition) is 0. The van der Waals surface area contributed by atoms with Crippen molar-refractivity contribution < 1.29 is 50.7 Å². The molecule has 0 radical (unpaired) electrons. The molecule has 0 saturated carbocycles. The van der Waals surface area contributed by atoms with Gasteiger partial charge in [-0.3, -0.25) is 0 Å². The molecule has 0 nitrogen and oxygen atoms in total. The van der Waals surface area contributed by atoms with Crippen molar-refractivity contribution in [2.75, 3.05) is 0 Å². The van der Waals surface area contributed by atoms with E-state index in [1.54, 1.807) is 0 Å². The van der Waals surface area contributed by atoms with Gasteiger partial charge in [0.05, 0.1) is 8.41 Å². The molecule has 0 saturated heterocycles. The van der Waals surface area contributed by atoms with Crippen LogP contribution in [0.2, 0.25) is 0 Å². The van der Waals surface area contributed by atoms with Crippen molar-refractivity contribution in [2.24, 2.45) is 0 Å². The summed E-state index contributed by atoms with van der Waals surface area (Å²) in [7, 11) is -1.30.